The van der Waals surface area contributed by atoms with Crippen LogP contribution in [0.15, 0.2) is 48.9 Å². The molecule has 0 bridgehead atoms. The van der Waals surface area contributed by atoms with Crippen molar-refractivity contribution in [1.82, 2.24) is 15.0 Å². The van der Waals surface area contributed by atoms with E-state index in [1.54, 1.807) is 18.2 Å². The van der Waals surface area contributed by atoms with E-state index in [9.17, 15) is 9.59 Å². The van der Waals surface area contributed by atoms with Crippen molar-refractivity contribution in [2.75, 3.05) is 17.7 Å². The highest BCUT2D eigenvalue weighted by Crippen LogP contribution is 2.23. The van der Waals surface area contributed by atoms with Crippen molar-refractivity contribution in [3.8, 4) is 5.75 Å². The topological polar surface area (TPSA) is 126 Å². The minimum atomic E-state index is -1.11. The van der Waals surface area contributed by atoms with Crippen molar-refractivity contribution < 1.29 is 19.4 Å². The zero-order chi connectivity index (χ0) is 20.1. The Hall–Kier alpha value is -3.72. The first-order chi connectivity index (χ1) is 13.5. The summed E-state index contributed by atoms with van der Waals surface area (Å²) in [6, 6.07) is 7.66. The second-order valence-corrected chi connectivity index (χ2v) is 5.86. The lowest BCUT2D eigenvalue weighted by Crippen LogP contribution is -2.13. The second kappa shape index (κ2) is 8.31. The molecule has 0 aliphatic carbocycles. The predicted octanol–water partition coefficient (Wildman–Crippen LogP) is 3.23. The number of rotatable bonds is 6. The van der Waals surface area contributed by atoms with Crippen molar-refractivity contribution in [3.05, 3.63) is 65.2 Å². The molecule has 0 saturated carbocycles. The molecule has 0 unspecified atom stereocenters. The molecule has 3 rings (SSSR count). The smallest absolute Gasteiger partial charge is 0.354 e. The zero-order valence-electron chi connectivity index (χ0n) is 14.5. The Balaban J connectivity index is 1.67. The number of hydrogen-bond acceptors (Lipinski definition) is 7. The number of ether oxygens (including phenoxy) is 1. The Morgan fingerprint density at radius 1 is 1.04 bits per heavy atom. The summed E-state index contributed by atoms with van der Waals surface area (Å²) in [6.07, 6.45) is 4.19. The van der Waals surface area contributed by atoms with E-state index in [1.807, 2.05) is 0 Å². The Kier molecular flexibility index (Phi) is 5.66. The summed E-state index contributed by atoms with van der Waals surface area (Å²) in [5.41, 5.74) is 1.08. The summed E-state index contributed by atoms with van der Waals surface area (Å²) < 4.78 is 5.09. The Morgan fingerprint density at radius 2 is 1.75 bits per heavy atom. The highest BCUT2D eigenvalue weighted by molar-refractivity contribution is 6.34. The number of nitrogens with one attached hydrogen (secondary N) is 2. The van der Waals surface area contributed by atoms with E-state index in [4.69, 9.17) is 21.4 Å². The Bertz CT molecular complexity index is 1010. The average molecular weight is 400 g/mol. The molecule has 2 heterocycles. The van der Waals surface area contributed by atoms with Gasteiger partial charge in [0.1, 0.15) is 11.4 Å². The van der Waals surface area contributed by atoms with Gasteiger partial charge in [-0.1, -0.05) is 11.6 Å². The van der Waals surface area contributed by atoms with Crippen molar-refractivity contribution in [2.24, 2.45) is 0 Å². The number of carbonyl (C=O) groups is 2. The monoisotopic (exact) mass is 399 g/mol. The molecule has 10 heteroatoms. The van der Waals surface area contributed by atoms with Crippen LogP contribution in [0, 0.1) is 0 Å². The van der Waals surface area contributed by atoms with E-state index in [1.165, 1.54) is 37.8 Å². The molecule has 28 heavy (non-hydrogen) atoms. The quantitative estimate of drug-likeness (QED) is 0.576. The number of carbonyl (C=O) groups excluding carboxylic acids is 1. The molecular weight excluding hydrogens is 386 g/mol. The molecule has 1 amide bonds. The van der Waals surface area contributed by atoms with E-state index in [2.05, 4.69) is 25.6 Å². The van der Waals surface area contributed by atoms with Gasteiger partial charge >= 0.3 is 5.97 Å². The molecule has 2 aromatic heterocycles. The van der Waals surface area contributed by atoms with Crippen LogP contribution in [0.4, 0.5) is 17.3 Å². The van der Waals surface area contributed by atoms with Crippen molar-refractivity contribution in [2.45, 2.75) is 0 Å². The maximum absolute atomic E-state index is 12.4. The first kappa shape index (κ1) is 19.1. The van der Waals surface area contributed by atoms with Gasteiger partial charge < -0.3 is 20.5 Å². The van der Waals surface area contributed by atoms with Crippen LogP contribution in [0.5, 0.6) is 5.75 Å². The molecule has 3 N–H and O–H groups in total. The van der Waals surface area contributed by atoms with Crippen LogP contribution in [-0.2, 0) is 0 Å². The third-order valence-electron chi connectivity index (χ3n) is 3.57. The lowest BCUT2D eigenvalue weighted by Gasteiger charge is -2.09. The molecule has 3 aromatic rings. The molecule has 0 atom stereocenters. The van der Waals surface area contributed by atoms with Crippen LogP contribution in [0.3, 0.4) is 0 Å². The zero-order valence-corrected chi connectivity index (χ0v) is 15.3. The number of anilines is 3. The number of carboxylic acids is 1. The number of pyridine rings is 1. The fourth-order valence-corrected chi connectivity index (χ4v) is 2.39. The number of carboxylic acid groups (broad SMARTS) is 1. The molecule has 0 fully saturated rings. The number of amides is 1. The van der Waals surface area contributed by atoms with Gasteiger partial charge in [-0.3, -0.25) is 4.79 Å². The van der Waals surface area contributed by atoms with Gasteiger partial charge in [0.05, 0.1) is 47.7 Å². The molecule has 9 nitrogen and oxygen atoms in total. The van der Waals surface area contributed by atoms with Gasteiger partial charge in [0.25, 0.3) is 5.91 Å². The minimum Gasteiger partial charge on any atom is -0.497 e. The van der Waals surface area contributed by atoms with Crippen molar-refractivity contribution in [3.63, 3.8) is 0 Å². The first-order valence-corrected chi connectivity index (χ1v) is 8.27. The van der Waals surface area contributed by atoms with E-state index in [0.29, 0.717) is 17.1 Å². The highest BCUT2D eigenvalue weighted by Gasteiger charge is 2.13. The number of aromatic carboxylic acids is 1. The van der Waals surface area contributed by atoms with Gasteiger partial charge in [0.15, 0.2) is 0 Å². The van der Waals surface area contributed by atoms with E-state index in [0.717, 1.165) is 0 Å². The van der Waals surface area contributed by atoms with Crippen molar-refractivity contribution in [1.29, 1.82) is 0 Å². The summed E-state index contributed by atoms with van der Waals surface area (Å²) in [7, 11) is 1.50. The van der Waals surface area contributed by atoms with Gasteiger partial charge in [-0.05, 0) is 30.3 Å². The summed E-state index contributed by atoms with van der Waals surface area (Å²) in [4.78, 5) is 35.2. The Morgan fingerprint density at radius 3 is 2.36 bits per heavy atom. The lowest BCUT2D eigenvalue weighted by atomic mass is 10.2. The summed E-state index contributed by atoms with van der Waals surface area (Å²) in [5, 5.41) is 14.7. The van der Waals surface area contributed by atoms with E-state index < -0.39 is 11.9 Å². The normalized spacial score (nSPS) is 10.2. The summed E-state index contributed by atoms with van der Waals surface area (Å²) >= 11 is 6.06. The first-order valence-electron chi connectivity index (χ1n) is 7.89. The highest BCUT2D eigenvalue weighted by atomic mass is 35.5. The number of benzene rings is 1. The predicted molar refractivity (Wildman–Crippen MR) is 102 cm³/mol. The van der Waals surface area contributed by atoms with Crippen LogP contribution in [-0.4, -0.2) is 39.0 Å². The van der Waals surface area contributed by atoms with Gasteiger partial charge in [0, 0.05) is 0 Å². The van der Waals surface area contributed by atoms with E-state index >= 15 is 0 Å². The summed E-state index contributed by atoms with van der Waals surface area (Å²) in [6.45, 7) is 0. The SMILES string of the molecule is COc1ccc(Cl)c(C(=O)Nc2cnc(Nc3ccc(C(=O)O)nc3)nc2)c1. The average Bonchev–Trinajstić information content (AvgIpc) is 2.70. The third kappa shape index (κ3) is 4.51. The molecule has 0 radical (unpaired) electrons. The van der Waals surface area contributed by atoms with Crippen molar-refractivity contribution >= 4 is 40.8 Å². The van der Waals surface area contributed by atoms with Crippen LogP contribution in [0.1, 0.15) is 20.8 Å². The van der Waals surface area contributed by atoms with E-state index in [-0.39, 0.29) is 22.2 Å². The minimum absolute atomic E-state index is 0.0688. The van der Waals surface area contributed by atoms with Gasteiger partial charge in [-0.15, -0.1) is 0 Å². The lowest BCUT2D eigenvalue weighted by molar-refractivity contribution is 0.0690. The van der Waals surface area contributed by atoms with Crippen LogP contribution < -0.4 is 15.4 Å². The fraction of sp³-hybridized carbons (Fsp3) is 0.0556. The van der Waals surface area contributed by atoms with Gasteiger partial charge in [-0.25, -0.2) is 19.7 Å². The summed E-state index contributed by atoms with van der Waals surface area (Å²) in [5.74, 6) is -0.782. The van der Waals surface area contributed by atoms with Crippen LogP contribution in [0.2, 0.25) is 5.02 Å². The number of hydrogen-bond donors (Lipinski definition) is 3. The number of methoxy groups -OCH3 is 1. The number of aromatic nitrogens is 3. The molecule has 0 saturated heterocycles. The Labute approximate surface area is 164 Å². The maximum Gasteiger partial charge on any atom is 0.354 e. The number of nitrogens with zero attached hydrogens (tertiary/aromatic N) is 3. The van der Waals surface area contributed by atoms with Gasteiger partial charge in [0.2, 0.25) is 5.95 Å². The molecule has 0 spiro atoms. The largest absolute Gasteiger partial charge is 0.497 e. The maximum atomic E-state index is 12.4. The molecule has 0 aliphatic rings. The van der Waals surface area contributed by atoms with Gasteiger partial charge in [-0.2, -0.15) is 0 Å². The molecule has 1 aromatic carbocycles. The third-order valence-corrected chi connectivity index (χ3v) is 3.90. The second-order valence-electron chi connectivity index (χ2n) is 5.46. The molecule has 0 aliphatic heterocycles. The van der Waals surface area contributed by atoms with Crippen LogP contribution in [0.25, 0.3) is 0 Å². The van der Waals surface area contributed by atoms with Crippen LogP contribution >= 0.6 is 11.6 Å². The molecule has 142 valence electrons. The fourth-order valence-electron chi connectivity index (χ4n) is 2.18. The number of halogens is 1. The molecular formula is C18H14ClN5O4. The standard InChI is InChI=1S/C18H14ClN5O4/c1-28-12-3-4-14(19)13(6-12)16(25)23-11-8-21-18(22-9-11)24-10-2-5-15(17(26)27)20-7-10/h2-9H,1H3,(H,23,25)(H,26,27)(H,21,22,24).